The van der Waals surface area contributed by atoms with Crippen LogP contribution < -0.4 is 4.90 Å². The van der Waals surface area contributed by atoms with E-state index in [1.165, 1.54) is 0 Å². The van der Waals surface area contributed by atoms with Crippen LogP contribution in [0.25, 0.3) is 10.9 Å². The van der Waals surface area contributed by atoms with Gasteiger partial charge in [-0.05, 0) is 31.0 Å². The molecule has 3 nitrogen and oxygen atoms in total. The van der Waals surface area contributed by atoms with E-state index < -0.39 is 0 Å². The zero-order valence-corrected chi connectivity index (χ0v) is 12.9. The quantitative estimate of drug-likeness (QED) is 0.898. The zero-order valence-electron chi connectivity index (χ0n) is 10.6. The first-order valence-electron chi connectivity index (χ1n) is 6.43. The highest BCUT2D eigenvalue weighted by Crippen LogP contribution is 2.36. The van der Waals surface area contributed by atoms with Crippen molar-refractivity contribution in [2.45, 2.75) is 18.9 Å². The van der Waals surface area contributed by atoms with Gasteiger partial charge in [-0.25, -0.2) is 4.98 Å². The summed E-state index contributed by atoms with van der Waals surface area (Å²) in [7, 11) is 0. The van der Waals surface area contributed by atoms with Crippen molar-refractivity contribution in [3.8, 4) is 0 Å². The number of rotatable bonds is 2. The van der Waals surface area contributed by atoms with Crippen molar-refractivity contribution in [2.75, 3.05) is 18.1 Å². The third-order valence-corrected chi connectivity index (χ3v) is 4.80. The fourth-order valence-corrected chi connectivity index (χ4v) is 3.26. The maximum atomic E-state index is 9.43. The smallest absolute Gasteiger partial charge is 0.131 e. The Morgan fingerprint density at radius 3 is 2.80 bits per heavy atom. The Kier molecular flexibility index (Phi) is 3.95. The molecule has 1 fully saturated rings. The predicted octanol–water partition coefficient (Wildman–Crippen LogP) is 4.16. The number of fused-ring (bicyclic) bond motifs is 1. The average Bonchev–Trinajstić information content (AvgIpc) is 2.91. The molecule has 0 amide bonds. The molecule has 20 heavy (non-hydrogen) atoms. The summed E-state index contributed by atoms with van der Waals surface area (Å²) in [4.78, 5) is 6.66. The highest BCUT2D eigenvalue weighted by atomic mass is 35.5. The van der Waals surface area contributed by atoms with Crippen LogP contribution in [0.3, 0.4) is 0 Å². The zero-order chi connectivity index (χ0) is 14.3. The minimum Gasteiger partial charge on any atom is -0.394 e. The molecule has 6 heteroatoms. The van der Waals surface area contributed by atoms with Crippen LogP contribution in [-0.2, 0) is 0 Å². The van der Waals surface area contributed by atoms with Crippen molar-refractivity contribution in [1.29, 1.82) is 0 Å². The number of benzene rings is 1. The highest BCUT2D eigenvalue weighted by Gasteiger charge is 2.25. The summed E-state index contributed by atoms with van der Waals surface area (Å²) in [6, 6.07) is 5.44. The molecule has 1 aromatic heterocycles. The van der Waals surface area contributed by atoms with Crippen LogP contribution in [-0.4, -0.2) is 29.3 Å². The Morgan fingerprint density at radius 1 is 1.25 bits per heavy atom. The lowest BCUT2D eigenvalue weighted by atomic mass is 10.2. The first-order chi connectivity index (χ1) is 9.61. The van der Waals surface area contributed by atoms with Crippen LogP contribution in [0.2, 0.25) is 15.1 Å². The maximum absolute atomic E-state index is 9.43. The predicted molar refractivity (Wildman–Crippen MR) is 84.2 cm³/mol. The molecule has 1 N–H and O–H groups in total. The van der Waals surface area contributed by atoms with Gasteiger partial charge >= 0.3 is 0 Å². The number of aliphatic hydroxyl groups is 1. The standard InChI is InChI=1S/C14H13Cl3N2O/c15-10-4-3-9-11(16)6-12(18-14(9)13(10)17)19-5-1-2-8(19)7-20/h3-4,6,8,20H,1-2,5,7H2/t8-/m0/s1. The van der Waals surface area contributed by atoms with Crippen molar-refractivity contribution >= 4 is 51.5 Å². The van der Waals surface area contributed by atoms with Gasteiger partial charge in [-0.15, -0.1) is 0 Å². The number of aliphatic hydroxyl groups excluding tert-OH is 1. The number of anilines is 1. The summed E-state index contributed by atoms with van der Waals surface area (Å²) in [5, 5.41) is 11.7. The molecule has 1 aliphatic rings. The van der Waals surface area contributed by atoms with E-state index in [1.54, 1.807) is 6.07 Å². The summed E-state index contributed by atoms with van der Waals surface area (Å²) in [5.41, 5.74) is 0.602. The van der Waals surface area contributed by atoms with Gasteiger partial charge in [0, 0.05) is 11.9 Å². The Morgan fingerprint density at radius 2 is 2.05 bits per heavy atom. The van der Waals surface area contributed by atoms with Gasteiger partial charge in [-0.3, -0.25) is 0 Å². The Hall–Kier alpha value is -0.740. The minimum atomic E-state index is 0.0916. The molecular weight excluding hydrogens is 319 g/mol. The number of halogens is 3. The number of pyridine rings is 1. The van der Waals surface area contributed by atoms with Crippen LogP contribution in [0.5, 0.6) is 0 Å². The summed E-state index contributed by atoms with van der Waals surface area (Å²) in [6.07, 6.45) is 1.99. The largest absolute Gasteiger partial charge is 0.394 e. The van der Waals surface area contributed by atoms with E-state index in [0.29, 0.717) is 20.6 Å². The number of hydrogen-bond donors (Lipinski definition) is 1. The molecule has 0 bridgehead atoms. The van der Waals surface area contributed by atoms with Crippen molar-refractivity contribution in [1.82, 2.24) is 4.98 Å². The molecule has 1 aliphatic heterocycles. The van der Waals surface area contributed by atoms with Crippen molar-refractivity contribution in [3.63, 3.8) is 0 Å². The molecule has 0 radical (unpaired) electrons. The third kappa shape index (κ3) is 2.33. The monoisotopic (exact) mass is 330 g/mol. The topological polar surface area (TPSA) is 36.4 Å². The van der Waals surface area contributed by atoms with Crippen LogP contribution in [0.4, 0.5) is 5.82 Å². The molecule has 1 saturated heterocycles. The van der Waals surface area contributed by atoms with E-state index >= 15 is 0 Å². The average molecular weight is 332 g/mol. The summed E-state index contributed by atoms with van der Waals surface area (Å²) < 4.78 is 0. The van der Waals surface area contributed by atoms with Crippen molar-refractivity contribution in [2.24, 2.45) is 0 Å². The van der Waals surface area contributed by atoms with Gasteiger partial charge in [0.05, 0.1) is 33.2 Å². The summed E-state index contributed by atoms with van der Waals surface area (Å²) >= 11 is 18.6. The summed E-state index contributed by atoms with van der Waals surface area (Å²) in [5.74, 6) is 0.739. The highest BCUT2D eigenvalue weighted by molar-refractivity contribution is 6.46. The third-order valence-electron chi connectivity index (χ3n) is 3.69. The van der Waals surface area contributed by atoms with Crippen molar-refractivity contribution < 1.29 is 5.11 Å². The van der Waals surface area contributed by atoms with Gasteiger partial charge in [-0.2, -0.15) is 0 Å². The molecule has 0 unspecified atom stereocenters. The van der Waals surface area contributed by atoms with E-state index in [4.69, 9.17) is 34.8 Å². The number of hydrogen-bond acceptors (Lipinski definition) is 3. The molecule has 2 heterocycles. The van der Waals surface area contributed by atoms with Crippen LogP contribution >= 0.6 is 34.8 Å². The fourth-order valence-electron chi connectivity index (χ4n) is 2.65. The van der Waals surface area contributed by atoms with Gasteiger partial charge in [0.2, 0.25) is 0 Å². The maximum Gasteiger partial charge on any atom is 0.131 e. The van der Waals surface area contributed by atoms with E-state index in [9.17, 15) is 5.11 Å². The second kappa shape index (κ2) is 5.57. The lowest BCUT2D eigenvalue weighted by Crippen LogP contribution is -2.32. The van der Waals surface area contributed by atoms with Crippen molar-refractivity contribution in [3.05, 3.63) is 33.3 Å². The van der Waals surface area contributed by atoms with E-state index in [1.807, 2.05) is 12.1 Å². The van der Waals surface area contributed by atoms with Gasteiger partial charge in [-0.1, -0.05) is 34.8 Å². The molecule has 0 saturated carbocycles. The van der Waals surface area contributed by atoms with Gasteiger partial charge in [0.25, 0.3) is 0 Å². The first kappa shape index (κ1) is 14.2. The lowest BCUT2D eigenvalue weighted by molar-refractivity contribution is 0.266. The van der Waals surface area contributed by atoms with E-state index in [0.717, 1.165) is 30.6 Å². The molecule has 3 rings (SSSR count). The van der Waals surface area contributed by atoms with E-state index in [2.05, 4.69) is 9.88 Å². The number of aromatic nitrogens is 1. The fraction of sp³-hybridized carbons (Fsp3) is 0.357. The Labute approximate surface area is 132 Å². The lowest BCUT2D eigenvalue weighted by Gasteiger charge is -2.24. The second-order valence-corrected chi connectivity index (χ2v) is 6.08. The molecule has 0 spiro atoms. The van der Waals surface area contributed by atoms with Crippen LogP contribution in [0.1, 0.15) is 12.8 Å². The Balaban J connectivity index is 2.16. The van der Waals surface area contributed by atoms with Gasteiger partial charge in [0.1, 0.15) is 5.82 Å². The second-order valence-electron chi connectivity index (χ2n) is 4.89. The molecule has 1 aromatic carbocycles. The number of nitrogens with zero attached hydrogens (tertiary/aromatic N) is 2. The summed E-state index contributed by atoms with van der Waals surface area (Å²) in [6.45, 7) is 0.971. The van der Waals surface area contributed by atoms with Crippen LogP contribution in [0.15, 0.2) is 18.2 Å². The molecule has 0 aliphatic carbocycles. The SMILES string of the molecule is OC[C@@H]1CCCN1c1cc(Cl)c2ccc(Cl)c(Cl)c2n1. The normalized spacial score (nSPS) is 19.0. The minimum absolute atomic E-state index is 0.0916. The van der Waals surface area contributed by atoms with E-state index in [-0.39, 0.29) is 12.6 Å². The molecule has 1 atom stereocenters. The van der Waals surface area contributed by atoms with Gasteiger partial charge in [0.15, 0.2) is 0 Å². The first-order valence-corrected chi connectivity index (χ1v) is 7.57. The molecule has 2 aromatic rings. The molecular formula is C14H13Cl3N2O. The van der Waals surface area contributed by atoms with Gasteiger partial charge < -0.3 is 10.0 Å². The van der Waals surface area contributed by atoms with Crippen LogP contribution in [0, 0.1) is 0 Å². The molecule has 106 valence electrons. The Bertz CT molecular complexity index is 662.